The Hall–Kier alpha value is 0. The number of rotatable bonds is 27. The molecule has 0 aromatic heterocycles. The fraction of sp³-hybridized carbons (Fsp3) is 0.968. The quantitative estimate of drug-likeness (QED) is 0.112. The van der Waals surface area contributed by atoms with Crippen LogP contribution in [0.3, 0.4) is 0 Å². The molecule has 0 aromatic carbocycles. The van der Waals surface area contributed by atoms with E-state index in [-0.39, 0.29) is 0 Å². The van der Waals surface area contributed by atoms with Crippen molar-refractivity contribution in [2.24, 2.45) is 5.92 Å². The second-order valence-corrected chi connectivity index (χ2v) is 10.9. The molecule has 0 rings (SSSR count). The smallest absolute Gasteiger partial charge is 0.0471 e. The summed E-state index contributed by atoms with van der Waals surface area (Å²) in [4.78, 5) is 0. The van der Waals surface area contributed by atoms with Gasteiger partial charge in [0.25, 0.3) is 0 Å². The summed E-state index contributed by atoms with van der Waals surface area (Å²) in [5.74, 6) is 0.896. The van der Waals surface area contributed by atoms with Crippen LogP contribution in [-0.2, 0) is 0 Å². The van der Waals surface area contributed by atoms with Gasteiger partial charge in [-0.15, -0.1) is 0 Å². The third kappa shape index (κ3) is 30.0. The number of hydrogen-bond donors (Lipinski definition) is 0. The van der Waals surface area contributed by atoms with E-state index in [1.165, 1.54) is 167 Å². The van der Waals surface area contributed by atoms with Crippen molar-refractivity contribution in [1.82, 2.24) is 0 Å². The van der Waals surface area contributed by atoms with Crippen LogP contribution in [0.4, 0.5) is 0 Å². The van der Waals surface area contributed by atoms with Gasteiger partial charge in [-0.05, 0) is 5.92 Å². The molecule has 0 saturated heterocycles. The first kappa shape index (κ1) is 31.0. The highest BCUT2D eigenvalue weighted by atomic mass is 14.0. The van der Waals surface area contributed by atoms with E-state index < -0.39 is 0 Å². The molecule has 0 aromatic rings. The molecule has 0 N–H and O–H groups in total. The van der Waals surface area contributed by atoms with Gasteiger partial charge in [-0.2, -0.15) is 0 Å². The Morgan fingerprint density at radius 1 is 0.323 bits per heavy atom. The topological polar surface area (TPSA) is 0 Å². The van der Waals surface area contributed by atoms with Gasteiger partial charge in [0.15, 0.2) is 0 Å². The molecule has 0 bridgehead atoms. The highest BCUT2D eigenvalue weighted by Gasteiger charge is 1.97. The second kappa shape index (κ2) is 28.0. The molecule has 0 saturated carbocycles. The van der Waals surface area contributed by atoms with E-state index in [1.54, 1.807) is 0 Å². The SMILES string of the molecule is [CH2]CCCCCCCCCCCCCCCCCCCCCCCCCCCC(C)C. The minimum Gasteiger partial charge on any atom is -0.0628 e. The Morgan fingerprint density at radius 2 is 0.516 bits per heavy atom. The third-order valence-corrected chi connectivity index (χ3v) is 7.03. The Balaban J connectivity index is 2.99. The average molecular weight is 436 g/mol. The zero-order valence-corrected chi connectivity index (χ0v) is 22.4. The average Bonchev–Trinajstić information content (AvgIpc) is 2.76. The fourth-order valence-electron chi connectivity index (χ4n) is 4.80. The fourth-order valence-corrected chi connectivity index (χ4v) is 4.80. The molecule has 0 aliphatic carbocycles. The molecule has 0 nitrogen and oxygen atoms in total. The Bertz CT molecular complexity index is 292. The molecule has 0 fully saturated rings. The first-order valence-electron chi connectivity index (χ1n) is 15.1. The monoisotopic (exact) mass is 435 g/mol. The van der Waals surface area contributed by atoms with Crippen LogP contribution in [0.25, 0.3) is 0 Å². The van der Waals surface area contributed by atoms with Gasteiger partial charge in [0.1, 0.15) is 0 Å². The molecule has 0 amide bonds. The normalized spacial score (nSPS) is 11.6. The predicted molar refractivity (Wildman–Crippen MR) is 145 cm³/mol. The lowest BCUT2D eigenvalue weighted by Crippen LogP contribution is -1.87. The maximum absolute atomic E-state index is 3.92. The van der Waals surface area contributed by atoms with Crippen molar-refractivity contribution in [3.63, 3.8) is 0 Å². The van der Waals surface area contributed by atoms with Crippen LogP contribution in [0, 0.1) is 12.8 Å². The molecule has 0 heteroatoms. The highest BCUT2D eigenvalue weighted by molar-refractivity contribution is 4.52. The maximum atomic E-state index is 3.92. The van der Waals surface area contributed by atoms with Gasteiger partial charge in [0.2, 0.25) is 0 Å². The van der Waals surface area contributed by atoms with Crippen LogP contribution in [0.5, 0.6) is 0 Å². The summed E-state index contributed by atoms with van der Waals surface area (Å²) < 4.78 is 0. The van der Waals surface area contributed by atoms with Crippen LogP contribution in [0.1, 0.15) is 187 Å². The molecule has 0 spiro atoms. The van der Waals surface area contributed by atoms with Gasteiger partial charge in [0, 0.05) is 0 Å². The molecule has 31 heavy (non-hydrogen) atoms. The molecule has 0 heterocycles. The molecule has 187 valence electrons. The minimum atomic E-state index is 0.896. The van der Waals surface area contributed by atoms with E-state index >= 15 is 0 Å². The zero-order chi connectivity index (χ0) is 22.7. The Labute approximate surface area is 200 Å². The van der Waals surface area contributed by atoms with Crippen molar-refractivity contribution in [2.75, 3.05) is 0 Å². The van der Waals surface area contributed by atoms with Gasteiger partial charge >= 0.3 is 0 Å². The molecule has 0 aliphatic rings. The van der Waals surface area contributed by atoms with Crippen LogP contribution < -0.4 is 0 Å². The van der Waals surface area contributed by atoms with Crippen LogP contribution in [0.15, 0.2) is 0 Å². The first-order valence-corrected chi connectivity index (χ1v) is 15.1. The van der Waals surface area contributed by atoms with Crippen LogP contribution in [0.2, 0.25) is 0 Å². The summed E-state index contributed by atoms with van der Waals surface area (Å²) in [6, 6.07) is 0. The maximum Gasteiger partial charge on any atom is -0.0471 e. The van der Waals surface area contributed by atoms with E-state index in [1.807, 2.05) is 0 Å². The molecular formula is C31H63. The largest absolute Gasteiger partial charge is 0.0628 e. The van der Waals surface area contributed by atoms with Gasteiger partial charge in [-0.1, -0.05) is 194 Å². The van der Waals surface area contributed by atoms with E-state index in [9.17, 15) is 0 Å². The van der Waals surface area contributed by atoms with Crippen molar-refractivity contribution in [3.05, 3.63) is 6.92 Å². The van der Waals surface area contributed by atoms with E-state index in [0.29, 0.717) is 0 Å². The zero-order valence-electron chi connectivity index (χ0n) is 22.4. The predicted octanol–water partition coefficient (Wildman–Crippen LogP) is 12.0. The van der Waals surface area contributed by atoms with E-state index in [2.05, 4.69) is 20.8 Å². The molecule has 1 radical (unpaired) electrons. The molecule has 0 atom stereocenters. The summed E-state index contributed by atoms with van der Waals surface area (Å²) in [5.41, 5.74) is 0. The Morgan fingerprint density at radius 3 is 0.710 bits per heavy atom. The summed E-state index contributed by atoms with van der Waals surface area (Å²) in [6.07, 6.45) is 39.3. The third-order valence-electron chi connectivity index (χ3n) is 7.03. The summed E-state index contributed by atoms with van der Waals surface area (Å²) in [6.45, 7) is 8.61. The first-order chi connectivity index (χ1) is 15.3. The lowest BCUT2D eigenvalue weighted by atomic mass is 10.0. The lowest BCUT2D eigenvalue weighted by molar-refractivity contribution is 0.500. The minimum absolute atomic E-state index is 0.896. The number of hydrogen-bond acceptors (Lipinski definition) is 0. The van der Waals surface area contributed by atoms with Gasteiger partial charge < -0.3 is 0 Å². The summed E-state index contributed by atoms with van der Waals surface area (Å²) in [5, 5.41) is 0. The van der Waals surface area contributed by atoms with Crippen LogP contribution in [-0.4, -0.2) is 0 Å². The van der Waals surface area contributed by atoms with Crippen molar-refractivity contribution >= 4 is 0 Å². The second-order valence-electron chi connectivity index (χ2n) is 10.9. The molecular weight excluding hydrogens is 372 g/mol. The van der Waals surface area contributed by atoms with Crippen LogP contribution >= 0.6 is 0 Å². The van der Waals surface area contributed by atoms with E-state index in [4.69, 9.17) is 0 Å². The number of unbranched alkanes of at least 4 members (excludes halogenated alkanes) is 25. The van der Waals surface area contributed by atoms with Crippen molar-refractivity contribution in [2.45, 2.75) is 187 Å². The highest BCUT2D eigenvalue weighted by Crippen LogP contribution is 2.16. The van der Waals surface area contributed by atoms with Gasteiger partial charge in [-0.3, -0.25) is 0 Å². The standard InChI is InChI=1S/C31H63/c1-4-5-6-7-8-9-10-11-12-13-14-15-16-17-18-19-20-21-22-23-24-25-26-27-28-29-30-31(2)3/h31H,1,4-30H2,2-3H3. The summed E-state index contributed by atoms with van der Waals surface area (Å²) >= 11 is 0. The Kier molecular flexibility index (Phi) is 28.0. The van der Waals surface area contributed by atoms with Gasteiger partial charge in [0.05, 0.1) is 0 Å². The summed E-state index contributed by atoms with van der Waals surface area (Å²) in [7, 11) is 0. The molecule has 0 aliphatic heterocycles. The lowest BCUT2D eigenvalue weighted by Gasteiger charge is -2.05. The van der Waals surface area contributed by atoms with Gasteiger partial charge in [-0.25, -0.2) is 0 Å². The van der Waals surface area contributed by atoms with Crippen molar-refractivity contribution in [3.8, 4) is 0 Å². The van der Waals surface area contributed by atoms with E-state index in [0.717, 1.165) is 12.3 Å². The molecule has 0 unspecified atom stereocenters. The van der Waals surface area contributed by atoms with Crippen molar-refractivity contribution < 1.29 is 0 Å². The van der Waals surface area contributed by atoms with Crippen molar-refractivity contribution in [1.29, 1.82) is 0 Å².